The van der Waals surface area contributed by atoms with Gasteiger partial charge in [0.1, 0.15) is 6.04 Å². The number of carbonyl (C=O) groups excluding carboxylic acids is 1. The number of hydrogen-bond donors (Lipinski definition) is 1. The molecule has 18 heavy (non-hydrogen) atoms. The summed E-state index contributed by atoms with van der Waals surface area (Å²) in [5, 5.41) is 9.70. The molecule has 104 valence electrons. The van der Waals surface area contributed by atoms with Crippen LogP contribution in [0.3, 0.4) is 0 Å². The summed E-state index contributed by atoms with van der Waals surface area (Å²) in [6, 6.07) is 0.373. The predicted molar refractivity (Wildman–Crippen MR) is 68.3 cm³/mol. The molecule has 0 aromatic rings. The SMILES string of the molecule is COC(=O)[C@@H]1C[C@H](O)CN1CC[C@@H]1CCCN1C. The van der Waals surface area contributed by atoms with Crippen molar-refractivity contribution in [2.75, 3.05) is 33.8 Å². The van der Waals surface area contributed by atoms with Crippen LogP contribution in [-0.2, 0) is 9.53 Å². The fraction of sp³-hybridized carbons (Fsp3) is 0.923. The molecular weight excluding hydrogens is 232 g/mol. The molecule has 5 nitrogen and oxygen atoms in total. The average molecular weight is 256 g/mol. The van der Waals surface area contributed by atoms with Crippen molar-refractivity contribution in [1.82, 2.24) is 9.80 Å². The molecule has 0 aromatic carbocycles. The largest absolute Gasteiger partial charge is 0.468 e. The van der Waals surface area contributed by atoms with Gasteiger partial charge in [0, 0.05) is 25.6 Å². The molecule has 2 heterocycles. The molecule has 2 rings (SSSR count). The molecule has 2 aliphatic heterocycles. The van der Waals surface area contributed by atoms with Crippen LogP contribution < -0.4 is 0 Å². The van der Waals surface area contributed by atoms with Gasteiger partial charge in [0.2, 0.25) is 0 Å². The maximum Gasteiger partial charge on any atom is 0.323 e. The Hall–Kier alpha value is -0.650. The predicted octanol–water partition coefficient (Wildman–Crippen LogP) is 0.0789. The van der Waals surface area contributed by atoms with E-state index in [0.717, 1.165) is 13.0 Å². The van der Waals surface area contributed by atoms with Crippen LogP contribution in [-0.4, -0.2) is 72.9 Å². The van der Waals surface area contributed by atoms with Crippen LogP contribution in [0, 0.1) is 0 Å². The summed E-state index contributed by atoms with van der Waals surface area (Å²) in [6.45, 7) is 2.63. The Morgan fingerprint density at radius 1 is 1.50 bits per heavy atom. The van der Waals surface area contributed by atoms with Gasteiger partial charge in [-0.2, -0.15) is 0 Å². The van der Waals surface area contributed by atoms with E-state index in [0.29, 0.717) is 19.0 Å². The van der Waals surface area contributed by atoms with Gasteiger partial charge in [-0.25, -0.2) is 0 Å². The zero-order chi connectivity index (χ0) is 13.1. The number of methoxy groups -OCH3 is 1. The summed E-state index contributed by atoms with van der Waals surface area (Å²) in [4.78, 5) is 16.1. The molecule has 2 aliphatic rings. The van der Waals surface area contributed by atoms with Gasteiger partial charge in [-0.3, -0.25) is 9.69 Å². The number of esters is 1. The Labute approximate surface area is 109 Å². The van der Waals surface area contributed by atoms with Crippen molar-refractivity contribution in [3.05, 3.63) is 0 Å². The molecule has 2 fully saturated rings. The van der Waals surface area contributed by atoms with E-state index in [9.17, 15) is 9.90 Å². The van der Waals surface area contributed by atoms with Gasteiger partial charge >= 0.3 is 5.97 Å². The monoisotopic (exact) mass is 256 g/mol. The number of aliphatic hydroxyl groups excluding tert-OH is 1. The lowest BCUT2D eigenvalue weighted by atomic mass is 10.1. The lowest BCUT2D eigenvalue weighted by Gasteiger charge is -2.26. The third-order valence-electron chi connectivity index (χ3n) is 4.28. The Bertz CT molecular complexity index is 298. The van der Waals surface area contributed by atoms with Crippen molar-refractivity contribution >= 4 is 5.97 Å². The minimum Gasteiger partial charge on any atom is -0.468 e. The summed E-state index contributed by atoms with van der Waals surface area (Å²) in [5.74, 6) is -0.216. The smallest absolute Gasteiger partial charge is 0.323 e. The molecule has 5 heteroatoms. The molecule has 0 aliphatic carbocycles. The van der Waals surface area contributed by atoms with Crippen molar-refractivity contribution in [1.29, 1.82) is 0 Å². The van der Waals surface area contributed by atoms with E-state index >= 15 is 0 Å². The highest BCUT2D eigenvalue weighted by Crippen LogP contribution is 2.23. The third-order valence-corrected chi connectivity index (χ3v) is 4.28. The highest BCUT2D eigenvalue weighted by atomic mass is 16.5. The van der Waals surface area contributed by atoms with Gasteiger partial charge in [0.05, 0.1) is 13.2 Å². The molecule has 0 radical (unpaired) electrons. The van der Waals surface area contributed by atoms with Crippen LogP contribution in [0.4, 0.5) is 0 Å². The molecule has 1 N–H and O–H groups in total. The lowest BCUT2D eigenvalue weighted by Crippen LogP contribution is -2.39. The third kappa shape index (κ3) is 3.02. The van der Waals surface area contributed by atoms with Crippen LogP contribution in [0.25, 0.3) is 0 Å². The number of carbonyl (C=O) groups is 1. The molecule has 0 amide bonds. The zero-order valence-electron chi connectivity index (χ0n) is 11.3. The Morgan fingerprint density at radius 2 is 2.28 bits per heavy atom. The standard InChI is InChI=1S/C13H24N2O3/c1-14-6-3-4-10(14)5-7-15-9-11(16)8-12(15)13(17)18-2/h10-12,16H,3-9H2,1-2H3/t10-,11-,12-/m0/s1. The molecule has 3 atom stereocenters. The van der Waals surface area contributed by atoms with Gasteiger partial charge in [0.25, 0.3) is 0 Å². The quantitative estimate of drug-likeness (QED) is 0.722. The summed E-state index contributed by atoms with van der Waals surface area (Å²) in [6.07, 6.45) is 3.69. The minimum atomic E-state index is -0.393. The van der Waals surface area contributed by atoms with Gasteiger partial charge in [-0.15, -0.1) is 0 Å². The number of aliphatic hydroxyl groups is 1. The first-order chi connectivity index (χ1) is 8.61. The maximum atomic E-state index is 11.6. The highest BCUT2D eigenvalue weighted by Gasteiger charge is 2.37. The highest BCUT2D eigenvalue weighted by molar-refractivity contribution is 5.76. The van der Waals surface area contributed by atoms with E-state index in [-0.39, 0.29) is 12.0 Å². The maximum absolute atomic E-state index is 11.6. The number of rotatable bonds is 4. The van der Waals surface area contributed by atoms with Crippen LogP contribution in [0.15, 0.2) is 0 Å². The van der Waals surface area contributed by atoms with Crippen LogP contribution in [0.2, 0.25) is 0 Å². The molecular formula is C13H24N2O3. The van der Waals surface area contributed by atoms with E-state index < -0.39 is 6.10 Å². The Morgan fingerprint density at radius 3 is 2.89 bits per heavy atom. The summed E-state index contributed by atoms with van der Waals surface area (Å²) >= 11 is 0. The number of hydrogen-bond acceptors (Lipinski definition) is 5. The van der Waals surface area contributed by atoms with Crippen LogP contribution >= 0.6 is 0 Å². The summed E-state index contributed by atoms with van der Waals surface area (Å²) in [5.41, 5.74) is 0. The Balaban J connectivity index is 1.85. The second-order valence-corrected chi connectivity index (χ2v) is 5.49. The lowest BCUT2D eigenvalue weighted by molar-refractivity contribution is -0.145. The fourth-order valence-electron chi connectivity index (χ4n) is 3.17. The fourth-order valence-corrected chi connectivity index (χ4v) is 3.17. The van der Waals surface area contributed by atoms with E-state index in [4.69, 9.17) is 4.74 Å². The van der Waals surface area contributed by atoms with Gasteiger partial charge in [-0.05, 0) is 32.9 Å². The number of nitrogens with zero attached hydrogens (tertiary/aromatic N) is 2. The number of ether oxygens (including phenoxy) is 1. The number of likely N-dealkylation sites (tertiary alicyclic amines) is 2. The van der Waals surface area contributed by atoms with E-state index in [2.05, 4.69) is 16.8 Å². The minimum absolute atomic E-state index is 0.216. The molecule has 0 unspecified atom stereocenters. The number of β-amino-alcohol motifs (C(OH)–C–C–N with tert-alkyl or cyclic N) is 1. The first kappa shape index (κ1) is 13.8. The van der Waals surface area contributed by atoms with Crippen molar-refractivity contribution < 1.29 is 14.6 Å². The topological polar surface area (TPSA) is 53.0 Å². The summed E-state index contributed by atoms with van der Waals surface area (Å²) < 4.78 is 4.80. The average Bonchev–Trinajstić information content (AvgIpc) is 2.92. The molecule has 0 spiro atoms. The second kappa shape index (κ2) is 5.99. The molecule has 0 aromatic heterocycles. The van der Waals surface area contributed by atoms with Gasteiger partial charge in [-0.1, -0.05) is 0 Å². The first-order valence-corrected chi connectivity index (χ1v) is 6.82. The van der Waals surface area contributed by atoms with Gasteiger partial charge < -0.3 is 14.7 Å². The Kier molecular flexibility index (Phi) is 4.59. The second-order valence-electron chi connectivity index (χ2n) is 5.49. The normalized spacial score (nSPS) is 34.1. The van der Waals surface area contributed by atoms with E-state index in [1.165, 1.54) is 26.5 Å². The van der Waals surface area contributed by atoms with Gasteiger partial charge in [0.15, 0.2) is 0 Å². The van der Waals surface area contributed by atoms with Crippen molar-refractivity contribution in [3.63, 3.8) is 0 Å². The van der Waals surface area contributed by atoms with Crippen molar-refractivity contribution in [2.45, 2.75) is 43.9 Å². The van der Waals surface area contributed by atoms with Crippen LogP contribution in [0.1, 0.15) is 25.7 Å². The van der Waals surface area contributed by atoms with E-state index in [1.54, 1.807) is 0 Å². The zero-order valence-corrected chi connectivity index (χ0v) is 11.3. The van der Waals surface area contributed by atoms with Crippen molar-refractivity contribution in [3.8, 4) is 0 Å². The molecule has 2 saturated heterocycles. The van der Waals surface area contributed by atoms with Crippen LogP contribution in [0.5, 0.6) is 0 Å². The summed E-state index contributed by atoms with van der Waals surface area (Å²) in [7, 11) is 3.57. The first-order valence-electron chi connectivity index (χ1n) is 6.82. The van der Waals surface area contributed by atoms with E-state index in [1.807, 2.05) is 0 Å². The van der Waals surface area contributed by atoms with Crippen molar-refractivity contribution in [2.24, 2.45) is 0 Å². The molecule has 0 saturated carbocycles. The molecule has 0 bridgehead atoms.